The number of sulfonamides is 1. The van der Waals surface area contributed by atoms with Crippen molar-refractivity contribution in [3.05, 3.63) is 89.2 Å². The number of pyridine rings is 1. The van der Waals surface area contributed by atoms with Crippen molar-refractivity contribution in [1.29, 1.82) is 0 Å². The molecule has 0 radical (unpaired) electrons. The molecule has 1 fully saturated rings. The van der Waals surface area contributed by atoms with E-state index in [4.69, 9.17) is 14.5 Å². The van der Waals surface area contributed by atoms with Gasteiger partial charge in [-0.2, -0.15) is 4.98 Å². The summed E-state index contributed by atoms with van der Waals surface area (Å²) >= 11 is 0. The van der Waals surface area contributed by atoms with Gasteiger partial charge in [0.05, 0.1) is 46.4 Å². The molecule has 2 aromatic heterocycles. The van der Waals surface area contributed by atoms with Crippen LogP contribution in [-0.2, 0) is 21.3 Å². The minimum Gasteiger partial charge on any atom is -0.475 e. The largest absolute Gasteiger partial charge is 0.475 e. The first-order valence-corrected chi connectivity index (χ1v) is 18.9. The Morgan fingerprint density at radius 3 is 2.35 bits per heavy atom. The van der Waals surface area contributed by atoms with Crippen LogP contribution in [0, 0.1) is 19.3 Å². The van der Waals surface area contributed by atoms with Crippen molar-refractivity contribution in [2.75, 3.05) is 36.4 Å². The first kappa shape index (κ1) is 36.2. The summed E-state index contributed by atoms with van der Waals surface area (Å²) in [5.74, 6) is -0.236. The quantitative estimate of drug-likeness (QED) is 0.230. The van der Waals surface area contributed by atoms with Crippen molar-refractivity contribution in [3.63, 3.8) is 0 Å². The highest BCUT2D eigenvalue weighted by Crippen LogP contribution is 2.32. The molecule has 12 heteroatoms. The van der Waals surface area contributed by atoms with E-state index >= 15 is 0 Å². The van der Waals surface area contributed by atoms with Gasteiger partial charge in [-0.1, -0.05) is 45.0 Å². The summed E-state index contributed by atoms with van der Waals surface area (Å²) in [4.78, 5) is 32.4. The number of nitrogens with zero attached hydrogens (tertiary/aromatic N) is 5. The average molecular weight is 713 g/mol. The first-order valence-electron chi connectivity index (χ1n) is 17.4. The zero-order chi connectivity index (χ0) is 36.6. The summed E-state index contributed by atoms with van der Waals surface area (Å²) < 4.78 is 42.1. The second kappa shape index (κ2) is 14.2. The van der Waals surface area contributed by atoms with Gasteiger partial charge in [-0.25, -0.2) is 18.1 Å². The van der Waals surface area contributed by atoms with Crippen molar-refractivity contribution in [1.82, 2.24) is 19.9 Å². The summed E-state index contributed by atoms with van der Waals surface area (Å²) in [6.07, 6.45) is 4.31. The number of carbonyl (C=O) groups is 1. The smallest absolute Gasteiger partial charge is 0.264 e. The maximum absolute atomic E-state index is 14.5. The van der Waals surface area contributed by atoms with E-state index in [2.05, 4.69) is 53.4 Å². The average Bonchev–Trinajstić information content (AvgIpc) is 3.08. The van der Waals surface area contributed by atoms with Crippen LogP contribution in [0.2, 0.25) is 0 Å². The van der Waals surface area contributed by atoms with E-state index in [1.165, 1.54) is 12.1 Å². The van der Waals surface area contributed by atoms with Gasteiger partial charge < -0.3 is 19.3 Å². The third kappa shape index (κ3) is 8.34. The Morgan fingerprint density at radius 2 is 1.71 bits per heavy atom. The lowest BCUT2D eigenvalue weighted by atomic mass is 9.87. The molecule has 1 N–H and O–H groups in total. The Hall–Kier alpha value is -4.55. The number of carbonyl (C=O) groups excluding carboxylic acids is 1. The van der Waals surface area contributed by atoms with E-state index in [9.17, 15) is 13.2 Å². The van der Waals surface area contributed by atoms with E-state index in [1.54, 1.807) is 30.2 Å². The number of methoxy groups -OCH3 is 1. The molecule has 1 saturated heterocycles. The lowest BCUT2D eigenvalue weighted by molar-refractivity contribution is -0.0132. The van der Waals surface area contributed by atoms with Gasteiger partial charge in [-0.3, -0.25) is 9.78 Å². The number of fused-ring (bicyclic) bond motifs is 4. The minimum absolute atomic E-state index is 0.0722. The molecular weight excluding hydrogens is 665 g/mol. The molecule has 6 rings (SSSR count). The monoisotopic (exact) mass is 712 g/mol. The molecule has 4 heterocycles. The van der Waals surface area contributed by atoms with Gasteiger partial charge in [0.25, 0.3) is 15.9 Å². The van der Waals surface area contributed by atoms with Crippen molar-refractivity contribution >= 4 is 27.6 Å². The van der Waals surface area contributed by atoms with E-state index in [1.807, 2.05) is 44.3 Å². The van der Waals surface area contributed by atoms with Crippen molar-refractivity contribution in [3.8, 4) is 17.1 Å². The van der Waals surface area contributed by atoms with Crippen LogP contribution in [0.3, 0.4) is 0 Å². The highest BCUT2D eigenvalue weighted by molar-refractivity contribution is 7.92. The van der Waals surface area contributed by atoms with Gasteiger partial charge >= 0.3 is 0 Å². The number of aryl methyl sites for hydroxylation is 2. The number of anilines is 2. The van der Waals surface area contributed by atoms with Crippen LogP contribution in [-0.4, -0.2) is 72.6 Å². The van der Waals surface area contributed by atoms with Crippen LogP contribution < -0.4 is 14.4 Å². The summed E-state index contributed by atoms with van der Waals surface area (Å²) in [6, 6.07) is 17.3. The Labute approximate surface area is 301 Å². The number of amides is 1. The SMILES string of the molecule is COC1(C)CCN(c2ccc(CN3C(=O)c4cccc(c4)S(=O)(=O)Nc4nc(cc(-c5c(C)cccc5C)n4)OC[C@H]3CC(C)(C)C)nc2)CC1. The Morgan fingerprint density at radius 1 is 1.00 bits per heavy atom. The number of hydrogen-bond donors (Lipinski definition) is 1. The van der Waals surface area contributed by atoms with Crippen LogP contribution in [0.25, 0.3) is 11.3 Å². The number of ether oxygens (including phenoxy) is 2. The molecule has 2 aliphatic rings. The number of benzene rings is 2. The van der Waals surface area contributed by atoms with Crippen LogP contribution in [0.1, 0.15) is 74.1 Å². The summed E-state index contributed by atoms with van der Waals surface area (Å²) in [5.41, 5.74) is 5.03. The molecule has 0 saturated carbocycles. The number of nitrogens with one attached hydrogen (secondary N) is 1. The molecule has 1 atom stereocenters. The predicted octanol–water partition coefficient (Wildman–Crippen LogP) is 6.80. The highest BCUT2D eigenvalue weighted by atomic mass is 32.2. The predicted molar refractivity (Wildman–Crippen MR) is 199 cm³/mol. The van der Waals surface area contributed by atoms with Gasteiger partial charge in [0, 0.05) is 37.4 Å². The molecule has 51 heavy (non-hydrogen) atoms. The van der Waals surface area contributed by atoms with E-state index in [0.717, 1.165) is 48.3 Å². The zero-order valence-electron chi connectivity index (χ0n) is 30.6. The maximum Gasteiger partial charge on any atom is 0.264 e. The fraction of sp³-hybridized carbons (Fsp3) is 0.436. The van der Waals surface area contributed by atoms with Crippen LogP contribution in [0.5, 0.6) is 5.88 Å². The van der Waals surface area contributed by atoms with Crippen LogP contribution in [0.15, 0.2) is 71.8 Å². The van der Waals surface area contributed by atoms with Gasteiger partial charge in [0.1, 0.15) is 6.61 Å². The molecule has 2 aliphatic heterocycles. The van der Waals surface area contributed by atoms with Gasteiger partial charge in [0.2, 0.25) is 11.8 Å². The topological polar surface area (TPSA) is 127 Å². The molecule has 4 bridgehead atoms. The van der Waals surface area contributed by atoms with Crippen molar-refractivity contribution < 1.29 is 22.7 Å². The van der Waals surface area contributed by atoms with Crippen LogP contribution >= 0.6 is 0 Å². The molecule has 2 aromatic carbocycles. The third-order valence-electron chi connectivity index (χ3n) is 9.85. The molecule has 0 unspecified atom stereocenters. The molecular formula is C39H48N6O5S. The summed E-state index contributed by atoms with van der Waals surface area (Å²) in [5, 5.41) is 0. The Balaban J connectivity index is 1.39. The molecule has 270 valence electrons. The van der Waals surface area contributed by atoms with E-state index < -0.39 is 16.1 Å². The standard InChI is InChI=1S/C39H48N6O5S/c1-26-10-8-11-27(2)35(26)33-21-34-42-37(41-33)43-51(47,48)32-13-9-12-28(20-32)36(46)45(31(25-50-34)22-38(3,4)5)24-29-14-15-30(23-40-29)44-18-16-39(6,49-7)17-19-44/h8-15,20-21,23,31H,16-19,22,24-25H2,1-7H3,(H,41,42,43)/t31-/m1/s1. The van der Waals surface area contributed by atoms with Crippen LogP contribution in [0.4, 0.5) is 11.6 Å². The second-order valence-electron chi connectivity index (χ2n) is 15.1. The molecule has 0 spiro atoms. The number of aromatic nitrogens is 3. The fourth-order valence-corrected chi connectivity index (χ4v) is 7.85. The maximum atomic E-state index is 14.5. The van der Waals surface area contributed by atoms with Gasteiger partial charge in [0.15, 0.2) is 0 Å². The number of piperidine rings is 1. The highest BCUT2D eigenvalue weighted by Gasteiger charge is 2.33. The Kier molecular flexibility index (Phi) is 10.1. The molecule has 11 nitrogen and oxygen atoms in total. The third-order valence-corrected chi connectivity index (χ3v) is 11.2. The van der Waals surface area contributed by atoms with E-state index in [-0.39, 0.29) is 52.4 Å². The van der Waals surface area contributed by atoms with Crippen molar-refractivity contribution in [2.45, 2.75) is 83.9 Å². The van der Waals surface area contributed by atoms with Gasteiger partial charge in [-0.15, -0.1) is 0 Å². The van der Waals surface area contributed by atoms with E-state index in [0.29, 0.717) is 17.8 Å². The Bertz CT molecular complexity index is 1980. The van der Waals surface area contributed by atoms with Crippen molar-refractivity contribution in [2.24, 2.45) is 5.41 Å². The summed E-state index contributed by atoms with van der Waals surface area (Å²) in [7, 11) is -2.40. The number of rotatable bonds is 6. The first-order chi connectivity index (χ1) is 24.1. The minimum atomic E-state index is -4.17. The molecule has 1 amide bonds. The second-order valence-corrected chi connectivity index (χ2v) is 16.8. The van der Waals surface area contributed by atoms with Gasteiger partial charge in [-0.05, 0) is 86.9 Å². The lowest BCUT2D eigenvalue weighted by Crippen LogP contribution is -2.45. The zero-order valence-corrected chi connectivity index (χ0v) is 31.4. The normalized spacial score (nSPS) is 18.9. The lowest BCUT2D eigenvalue weighted by Gasteiger charge is -2.39. The number of hydrogen-bond acceptors (Lipinski definition) is 9. The fourth-order valence-electron chi connectivity index (χ4n) is 6.86. The summed E-state index contributed by atoms with van der Waals surface area (Å²) in [6.45, 7) is 14.5. The molecule has 4 aromatic rings. The molecule has 0 aliphatic carbocycles.